The highest BCUT2D eigenvalue weighted by atomic mass is 35.5. The van der Waals surface area contributed by atoms with Gasteiger partial charge in [-0.3, -0.25) is 4.79 Å². The molecule has 3 aromatic rings. The minimum atomic E-state index is -0.858. The van der Waals surface area contributed by atoms with Crippen molar-refractivity contribution in [2.24, 2.45) is 5.92 Å². The average Bonchev–Trinajstić information content (AvgIpc) is 3.60. The SMILES string of the molecule is O=C(O)C1CC=C(c2cc(F)c(CCc3nc4nc(O[C@@H]5CO[C@H]6[C@@H]5OC[C@H]6O)[nH]c4cc3Cl)c(F)c2)CC1. The minimum Gasteiger partial charge on any atom is -0.481 e. The number of rotatable bonds is 7. The first-order valence-corrected chi connectivity index (χ1v) is 13.2. The Morgan fingerprint density at radius 1 is 1.13 bits per heavy atom. The number of allylic oxidation sites excluding steroid dienone is 2. The molecule has 0 amide bonds. The molecule has 9 nitrogen and oxygen atoms in total. The molecule has 2 aromatic heterocycles. The van der Waals surface area contributed by atoms with Gasteiger partial charge >= 0.3 is 5.97 Å². The van der Waals surface area contributed by atoms with Gasteiger partial charge in [0.05, 0.1) is 35.4 Å². The number of aliphatic hydroxyl groups excluding tert-OH is 1. The summed E-state index contributed by atoms with van der Waals surface area (Å²) in [6, 6.07) is 4.43. The molecule has 39 heavy (non-hydrogen) atoms. The molecule has 0 bridgehead atoms. The molecule has 206 valence electrons. The van der Waals surface area contributed by atoms with Gasteiger partial charge in [-0.2, -0.15) is 4.98 Å². The van der Waals surface area contributed by atoms with E-state index < -0.39 is 47.9 Å². The minimum absolute atomic E-state index is 0.0340. The third kappa shape index (κ3) is 5.11. The number of carbonyl (C=O) groups is 1. The summed E-state index contributed by atoms with van der Waals surface area (Å²) in [5, 5.41) is 19.4. The van der Waals surface area contributed by atoms with E-state index in [1.54, 1.807) is 12.1 Å². The van der Waals surface area contributed by atoms with Crippen molar-refractivity contribution < 1.29 is 38.0 Å². The molecule has 4 heterocycles. The number of benzene rings is 1. The number of carboxylic acid groups (broad SMARTS) is 1. The van der Waals surface area contributed by atoms with Gasteiger partial charge in [-0.15, -0.1) is 0 Å². The van der Waals surface area contributed by atoms with Crippen molar-refractivity contribution in [1.82, 2.24) is 15.0 Å². The highest BCUT2D eigenvalue weighted by Crippen LogP contribution is 2.33. The summed E-state index contributed by atoms with van der Waals surface area (Å²) < 4.78 is 47.0. The van der Waals surface area contributed by atoms with E-state index in [4.69, 9.17) is 30.9 Å². The maximum Gasteiger partial charge on any atom is 0.306 e. The summed E-state index contributed by atoms with van der Waals surface area (Å²) in [6.45, 7) is 0.434. The zero-order valence-corrected chi connectivity index (χ0v) is 21.5. The van der Waals surface area contributed by atoms with Crippen LogP contribution in [0, 0.1) is 17.6 Å². The van der Waals surface area contributed by atoms with Gasteiger partial charge in [0.1, 0.15) is 29.9 Å². The number of aromatic nitrogens is 3. The van der Waals surface area contributed by atoms with Crippen molar-refractivity contribution in [2.75, 3.05) is 13.2 Å². The lowest BCUT2D eigenvalue weighted by Gasteiger charge is -2.19. The molecule has 12 heteroatoms. The van der Waals surface area contributed by atoms with Gasteiger partial charge in [-0.25, -0.2) is 13.8 Å². The number of nitrogens with one attached hydrogen (secondary N) is 1. The van der Waals surface area contributed by atoms with Crippen LogP contribution in [0.1, 0.15) is 36.1 Å². The number of halogens is 3. The molecular weight excluding hydrogens is 536 g/mol. The molecule has 3 aliphatic rings. The first-order chi connectivity index (χ1) is 18.8. The molecule has 0 saturated carbocycles. The van der Waals surface area contributed by atoms with Gasteiger partial charge in [0.2, 0.25) is 0 Å². The Labute approximate surface area is 226 Å². The van der Waals surface area contributed by atoms with E-state index in [0.29, 0.717) is 46.7 Å². The van der Waals surface area contributed by atoms with Crippen LogP contribution >= 0.6 is 11.6 Å². The summed E-state index contributed by atoms with van der Waals surface area (Å²) in [6.07, 6.45) is 1.23. The monoisotopic (exact) mass is 561 g/mol. The fourth-order valence-electron chi connectivity index (χ4n) is 5.44. The molecule has 1 aromatic carbocycles. The zero-order chi connectivity index (χ0) is 27.3. The molecule has 0 spiro atoms. The highest BCUT2D eigenvalue weighted by molar-refractivity contribution is 6.31. The number of fused-ring (bicyclic) bond motifs is 2. The number of aliphatic carboxylic acids is 1. The molecule has 2 saturated heterocycles. The van der Waals surface area contributed by atoms with Crippen LogP contribution in [0.15, 0.2) is 24.3 Å². The van der Waals surface area contributed by atoms with Crippen molar-refractivity contribution in [3.05, 3.63) is 57.8 Å². The molecule has 2 aliphatic heterocycles. The first kappa shape index (κ1) is 26.1. The lowest BCUT2D eigenvalue weighted by Crippen LogP contribution is -2.34. The summed E-state index contributed by atoms with van der Waals surface area (Å²) in [5.74, 6) is -2.66. The van der Waals surface area contributed by atoms with Gasteiger partial charge in [0, 0.05) is 5.56 Å². The van der Waals surface area contributed by atoms with Crippen molar-refractivity contribution in [1.29, 1.82) is 0 Å². The Kier molecular flexibility index (Phi) is 7.00. The standard InChI is InChI=1S/C27H26ClF2N3O6/c28-16-9-20-25(33-27(32-20)39-22-11-38-23-21(34)10-37-24(22)23)31-19(16)6-5-15-17(29)7-14(8-18(15)30)12-1-3-13(4-2-12)26(35)36/h1,7-9,13,21-24,34H,2-6,10-11H2,(H,35,36)(H,31,32,33)/t13?,21-,22-,23-,24-/m1/s1. The van der Waals surface area contributed by atoms with Crippen molar-refractivity contribution >= 4 is 34.3 Å². The number of hydrogen-bond donors (Lipinski definition) is 3. The van der Waals surface area contributed by atoms with Gasteiger partial charge < -0.3 is 29.4 Å². The second-order valence-corrected chi connectivity index (χ2v) is 10.5. The summed E-state index contributed by atoms with van der Waals surface area (Å²) >= 11 is 6.42. The molecule has 1 aliphatic carbocycles. The fraction of sp³-hybridized carbons (Fsp3) is 0.444. The molecule has 3 N–H and O–H groups in total. The van der Waals surface area contributed by atoms with E-state index in [0.717, 1.165) is 5.57 Å². The lowest BCUT2D eigenvalue weighted by atomic mass is 9.86. The van der Waals surface area contributed by atoms with Crippen LogP contribution in [0.25, 0.3) is 16.7 Å². The van der Waals surface area contributed by atoms with Gasteiger partial charge in [0.25, 0.3) is 6.01 Å². The maximum absolute atomic E-state index is 15.0. The second-order valence-electron chi connectivity index (χ2n) is 10.1. The zero-order valence-electron chi connectivity index (χ0n) is 20.7. The van der Waals surface area contributed by atoms with Crippen LogP contribution in [0.5, 0.6) is 6.01 Å². The van der Waals surface area contributed by atoms with Gasteiger partial charge in [-0.05, 0) is 61.4 Å². The molecule has 2 fully saturated rings. The smallest absolute Gasteiger partial charge is 0.306 e. The number of pyridine rings is 1. The Morgan fingerprint density at radius 3 is 2.62 bits per heavy atom. The highest BCUT2D eigenvalue weighted by Gasteiger charge is 2.48. The van der Waals surface area contributed by atoms with Crippen LogP contribution in [0.3, 0.4) is 0 Å². The summed E-state index contributed by atoms with van der Waals surface area (Å²) in [7, 11) is 0. The van der Waals surface area contributed by atoms with Crippen LogP contribution in [0.2, 0.25) is 5.02 Å². The number of ether oxygens (including phenoxy) is 3. The number of carboxylic acids is 1. The van der Waals surface area contributed by atoms with E-state index in [-0.39, 0.29) is 37.6 Å². The number of hydrogen-bond acceptors (Lipinski definition) is 7. The van der Waals surface area contributed by atoms with E-state index >= 15 is 0 Å². The number of aryl methyl sites for hydroxylation is 1. The largest absolute Gasteiger partial charge is 0.481 e. The molecule has 5 atom stereocenters. The average molecular weight is 562 g/mol. The number of H-pyrrole nitrogens is 1. The third-order valence-electron chi connectivity index (χ3n) is 7.61. The van der Waals surface area contributed by atoms with Crippen LogP contribution in [-0.2, 0) is 27.1 Å². The Balaban J connectivity index is 1.15. The fourth-order valence-corrected chi connectivity index (χ4v) is 5.69. The lowest BCUT2D eigenvalue weighted by molar-refractivity contribution is -0.141. The predicted octanol–water partition coefficient (Wildman–Crippen LogP) is 3.85. The summed E-state index contributed by atoms with van der Waals surface area (Å²) in [4.78, 5) is 23.0. The number of imidazole rings is 1. The second kappa shape index (κ2) is 10.5. The Morgan fingerprint density at radius 2 is 1.90 bits per heavy atom. The number of nitrogens with zero attached hydrogens (tertiary/aromatic N) is 2. The maximum atomic E-state index is 15.0. The van der Waals surface area contributed by atoms with E-state index in [1.807, 2.05) is 0 Å². The summed E-state index contributed by atoms with van der Waals surface area (Å²) in [5.41, 5.74) is 2.42. The van der Waals surface area contributed by atoms with Crippen LogP contribution in [0.4, 0.5) is 8.78 Å². The normalized spacial score (nSPS) is 26.6. The molecular formula is C27H26ClF2N3O6. The first-order valence-electron chi connectivity index (χ1n) is 12.8. The van der Waals surface area contributed by atoms with E-state index in [9.17, 15) is 18.7 Å². The van der Waals surface area contributed by atoms with Crippen molar-refractivity contribution in [3.63, 3.8) is 0 Å². The van der Waals surface area contributed by atoms with Crippen LogP contribution in [-0.4, -0.2) is 68.8 Å². The van der Waals surface area contributed by atoms with Crippen LogP contribution < -0.4 is 4.74 Å². The Bertz CT molecular complexity index is 1440. The predicted molar refractivity (Wildman–Crippen MR) is 136 cm³/mol. The van der Waals surface area contributed by atoms with E-state index in [1.165, 1.54) is 12.1 Å². The Hall–Kier alpha value is -3.12. The topological polar surface area (TPSA) is 127 Å². The third-order valence-corrected chi connectivity index (χ3v) is 7.93. The van der Waals surface area contributed by atoms with Gasteiger partial charge in [-0.1, -0.05) is 17.7 Å². The number of aliphatic hydroxyl groups is 1. The molecule has 0 radical (unpaired) electrons. The quantitative estimate of drug-likeness (QED) is 0.397. The van der Waals surface area contributed by atoms with Crippen molar-refractivity contribution in [3.8, 4) is 6.01 Å². The van der Waals surface area contributed by atoms with Gasteiger partial charge in [0.15, 0.2) is 11.8 Å². The van der Waals surface area contributed by atoms with Crippen molar-refractivity contribution in [2.45, 2.75) is 56.5 Å². The van der Waals surface area contributed by atoms with E-state index in [2.05, 4.69) is 15.0 Å². The number of aromatic amines is 1. The molecule has 1 unspecified atom stereocenters. The molecule has 6 rings (SSSR count).